The molecule has 2 aliphatic rings. The number of benzene rings is 2. The molecule has 2 aromatic rings. The van der Waals surface area contributed by atoms with E-state index in [2.05, 4.69) is 27.4 Å². The lowest BCUT2D eigenvalue weighted by Gasteiger charge is -2.35. The molecule has 4 rings (SSSR count). The third-order valence-corrected chi connectivity index (χ3v) is 5.67. The lowest BCUT2D eigenvalue weighted by atomic mass is 10.0. The Balaban J connectivity index is 1.29. The van der Waals surface area contributed by atoms with Crippen molar-refractivity contribution >= 4 is 17.4 Å². The van der Waals surface area contributed by atoms with Crippen LogP contribution in [0.1, 0.15) is 30.9 Å². The molecule has 1 amide bonds. The first-order valence-corrected chi connectivity index (χ1v) is 10.7. The molecule has 0 atom stereocenters. The molecule has 33 heavy (non-hydrogen) atoms. The molecule has 1 spiro atoms. The number of piperidine rings is 1. The summed E-state index contributed by atoms with van der Waals surface area (Å²) in [6.45, 7) is 3.60. The molecule has 2 N–H and O–H groups in total. The first-order chi connectivity index (χ1) is 15.7. The summed E-state index contributed by atoms with van der Waals surface area (Å²) in [5, 5.41) is 2.92. The molecule has 176 valence electrons. The molecular weight excluding hydrogens is 437 g/mol. The highest BCUT2D eigenvalue weighted by molar-refractivity contribution is 5.99. The number of carbonyl (C=O) groups excluding carboxylic acids is 1. The molecular formula is C23H25F3N4O3. The Morgan fingerprint density at radius 2 is 1.82 bits per heavy atom. The number of amides is 1. The standard InChI is InChI=1S/C23H25F3N4O3/c1-2-16-3-7-18(8-4-16)27-20(31)15-30-13-11-22(12-14-30)28-21(29-33-22)17-5-9-19(10-6-17)32-23(24,25)26/h3-10H,2,11-15H2,1H3,(H,27,31)(H,28,29). The Bertz CT molecular complexity index is 999. The van der Waals surface area contributed by atoms with Gasteiger partial charge >= 0.3 is 6.36 Å². The molecule has 10 heteroatoms. The molecule has 0 aliphatic carbocycles. The SMILES string of the molecule is CCc1ccc(NC(=O)CN2CCC3(CC2)N=C(c2ccc(OC(F)(F)F)cc2)NO3)cc1. The molecule has 0 aromatic heterocycles. The largest absolute Gasteiger partial charge is 0.573 e. The van der Waals surface area contributed by atoms with Crippen LogP contribution < -0.4 is 15.5 Å². The zero-order valence-electron chi connectivity index (χ0n) is 18.1. The fourth-order valence-corrected chi connectivity index (χ4v) is 3.83. The molecule has 0 bridgehead atoms. The summed E-state index contributed by atoms with van der Waals surface area (Å²) in [6, 6.07) is 13.2. The van der Waals surface area contributed by atoms with Crippen molar-refractivity contribution in [2.45, 2.75) is 38.3 Å². The highest BCUT2D eigenvalue weighted by atomic mass is 19.4. The average molecular weight is 462 g/mol. The van der Waals surface area contributed by atoms with Crippen LogP contribution in [0.3, 0.4) is 0 Å². The number of amidine groups is 1. The van der Waals surface area contributed by atoms with Crippen molar-refractivity contribution in [3.63, 3.8) is 0 Å². The van der Waals surface area contributed by atoms with Gasteiger partial charge in [0, 0.05) is 37.2 Å². The Morgan fingerprint density at radius 3 is 2.42 bits per heavy atom. The van der Waals surface area contributed by atoms with Gasteiger partial charge in [-0.3, -0.25) is 9.69 Å². The van der Waals surface area contributed by atoms with Crippen LogP contribution in [-0.2, 0) is 16.1 Å². The normalized spacial score (nSPS) is 18.0. The van der Waals surface area contributed by atoms with E-state index in [0.717, 1.165) is 12.1 Å². The second-order valence-electron chi connectivity index (χ2n) is 8.06. The van der Waals surface area contributed by atoms with Crippen molar-refractivity contribution in [1.82, 2.24) is 10.4 Å². The van der Waals surface area contributed by atoms with Crippen molar-refractivity contribution < 1.29 is 27.5 Å². The van der Waals surface area contributed by atoms with E-state index in [-0.39, 0.29) is 18.2 Å². The number of rotatable bonds is 6. The predicted molar refractivity (Wildman–Crippen MR) is 117 cm³/mol. The number of hydrogen-bond acceptors (Lipinski definition) is 6. The predicted octanol–water partition coefficient (Wildman–Crippen LogP) is 3.86. The van der Waals surface area contributed by atoms with Crippen LogP contribution in [-0.4, -0.2) is 48.4 Å². The van der Waals surface area contributed by atoms with Crippen LogP contribution in [0.25, 0.3) is 0 Å². The van der Waals surface area contributed by atoms with Crippen LogP contribution in [0.15, 0.2) is 53.5 Å². The van der Waals surface area contributed by atoms with Gasteiger partial charge in [0.25, 0.3) is 0 Å². The van der Waals surface area contributed by atoms with E-state index in [1.165, 1.54) is 29.8 Å². The molecule has 0 saturated carbocycles. The van der Waals surface area contributed by atoms with Gasteiger partial charge in [-0.15, -0.1) is 13.2 Å². The Morgan fingerprint density at radius 1 is 1.15 bits per heavy atom. The van der Waals surface area contributed by atoms with E-state index in [4.69, 9.17) is 4.84 Å². The molecule has 1 fully saturated rings. The highest BCUT2D eigenvalue weighted by Gasteiger charge is 2.40. The second-order valence-corrected chi connectivity index (χ2v) is 8.06. The first-order valence-electron chi connectivity index (χ1n) is 10.7. The topological polar surface area (TPSA) is 75.2 Å². The number of nitrogens with zero attached hydrogens (tertiary/aromatic N) is 2. The number of anilines is 1. The summed E-state index contributed by atoms with van der Waals surface area (Å²) in [6.07, 6.45) is -2.63. The summed E-state index contributed by atoms with van der Waals surface area (Å²) in [5.74, 6) is 0.0784. The third kappa shape index (κ3) is 6.02. The van der Waals surface area contributed by atoms with Gasteiger partial charge in [0.2, 0.25) is 5.91 Å². The zero-order valence-corrected chi connectivity index (χ0v) is 18.1. The van der Waals surface area contributed by atoms with E-state index >= 15 is 0 Å². The minimum atomic E-state index is -4.73. The number of aryl methyl sites for hydroxylation is 1. The number of hydrogen-bond donors (Lipinski definition) is 2. The molecule has 0 radical (unpaired) electrons. The number of hydroxylamine groups is 1. The van der Waals surface area contributed by atoms with E-state index in [1.54, 1.807) is 0 Å². The molecule has 0 unspecified atom stereocenters. The van der Waals surface area contributed by atoms with Crippen LogP contribution >= 0.6 is 0 Å². The van der Waals surface area contributed by atoms with Gasteiger partial charge in [-0.2, -0.15) is 0 Å². The lowest BCUT2D eigenvalue weighted by Crippen LogP contribution is -2.46. The zero-order chi connectivity index (χ0) is 23.5. The number of likely N-dealkylation sites (tertiary alicyclic amines) is 1. The summed E-state index contributed by atoms with van der Waals surface area (Å²) in [4.78, 5) is 24.8. The summed E-state index contributed by atoms with van der Waals surface area (Å²) < 4.78 is 40.9. The number of alkyl halides is 3. The fourth-order valence-electron chi connectivity index (χ4n) is 3.83. The maximum atomic E-state index is 12.4. The van der Waals surface area contributed by atoms with Gasteiger partial charge < -0.3 is 10.1 Å². The summed E-state index contributed by atoms with van der Waals surface area (Å²) in [5.41, 5.74) is 4.62. The van der Waals surface area contributed by atoms with Gasteiger partial charge in [-0.1, -0.05) is 19.1 Å². The van der Waals surface area contributed by atoms with Crippen molar-refractivity contribution in [3.05, 3.63) is 59.7 Å². The van der Waals surface area contributed by atoms with Crippen molar-refractivity contribution in [2.24, 2.45) is 4.99 Å². The smallest absolute Gasteiger partial charge is 0.406 e. The quantitative estimate of drug-likeness (QED) is 0.682. The van der Waals surface area contributed by atoms with E-state index in [1.807, 2.05) is 29.2 Å². The monoisotopic (exact) mass is 462 g/mol. The third-order valence-electron chi connectivity index (χ3n) is 5.67. The van der Waals surface area contributed by atoms with Gasteiger partial charge in [-0.25, -0.2) is 15.3 Å². The minimum Gasteiger partial charge on any atom is -0.406 e. The maximum absolute atomic E-state index is 12.4. The number of nitrogens with one attached hydrogen (secondary N) is 2. The Kier molecular flexibility index (Phi) is 6.57. The Hall–Kier alpha value is -3.11. The van der Waals surface area contributed by atoms with Crippen molar-refractivity contribution in [2.75, 3.05) is 25.0 Å². The van der Waals surface area contributed by atoms with Gasteiger partial charge in [0.15, 0.2) is 11.6 Å². The molecule has 2 heterocycles. The number of aliphatic imine (C=N–C) groups is 1. The highest BCUT2D eigenvalue weighted by Crippen LogP contribution is 2.31. The Labute approximate surface area is 189 Å². The van der Waals surface area contributed by atoms with E-state index in [9.17, 15) is 18.0 Å². The molecule has 7 nitrogen and oxygen atoms in total. The molecule has 2 aliphatic heterocycles. The summed E-state index contributed by atoms with van der Waals surface area (Å²) >= 11 is 0. The van der Waals surface area contributed by atoms with E-state index < -0.39 is 12.1 Å². The molecule has 1 saturated heterocycles. The number of carbonyl (C=O) groups is 1. The first kappa shape index (κ1) is 23.1. The van der Waals surface area contributed by atoms with Crippen LogP contribution in [0.2, 0.25) is 0 Å². The van der Waals surface area contributed by atoms with Crippen molar-refractivity contribution in [3.8, 4) is 5.75 Å². The fraction of sp³-hybridized carbons (Fsp3) is 0.391. The average Bonchev–Trinajstić information content (AvgIpc) is 3.19. The van der Waals surface area contributed by atoms with Crippen LogP contribution in [0.4, 0.5) is 18.9 Å². The second kappa shape index (κ2) is 9.40. The van der Waals surface area contributed by atoms with Crippen LogP contribution in [0, 0.1) is 0 Å². The van der Waals surface area contributed by atoms with Gasteiger partial charge in [-0.05, 0) is 48.4 Å². The van der Waals surface area contributed by atoms with Gasteiger partial charge in [0.1, 0.15) is 5.75 Å². The van der Waals surface area contributed by atoms with Crippen molar-refractivity contribution in [1.29, 1.82) is 0 Å². The molecule has 2 aromatic carbocycles. The maximum Gasteiger partial charge on any atom is 0.573 e. The van der Waals surface area contributed by atoms with Crippen LogP contribution in [0.5, 0.6) is 5.75 Å². The minimum absolute atomic E-state index is 0.0778. The van der Waals surface area contributed by atoms with E-state index in [0.29, 0.717) is 37.3 Å². The number of ether oxygens (including phenoxy) is 1. The number of halogens is 3. The van der Waals surface area contributed by atoms with Gasteiger partial charge in [0.05, 0.1) is 6.54 Å². The summed E-state index contributed by atoms with van der Waals surface area (Å²) in [7, 11) is 0. The lowest BCUT2D eigenvalue weighted by molar-refractivity contribution is -0.274.